The van der Waals surface area contributed by atoms with E-state index in [0.29, 0.717) is 30.6 Å². The maximum Gasteiger partial charge on any atom is 0.237 e. The number of thiazole rings is 1. The monoisotopic (exact) mass is 293 g/mol. The molecule has 0 unspecified atom stereocenters. The average molecular weight is 293 g/mol. The van der Waals surface area contributed by atoms with Crippen LogP contribution < -0.4 is 10.1 Å². The highest BCUT2D eigenvalue weighted by molar-refractivity contribution is 7.15. The number of ether oxygens (including phenoxy) is 1. The number of imidazole rings is 1. The zero-order chi connectivity index (χ0) is 13.9. The van der Waals surface area contributed by atoms with Crippen LogP contribution in [-0.2, 0) is 13.0 Å². The van der Waals surface area contributed by atoms with Gasteiger partial charge in [-0.25, -0.2) is 0 Å². The molecule has 0 aliphatic heterocycles. The van der Waals surface area contributed by atoms with E-state index in [9.17, 15) is 0 Å². The molecule has 0 aliphatic carbocycles. The highest BCUT2D eigenvalue weighted by atomic mass is 32.1. The number of methoxy groups -OCH3 is 1. The normalized spacial score (nSPS) is 11.3. The first-order chi connectivity index (χ1) is 9.78. The van der Waals surface area contributed by atoms with Crippen LogP contribution in [0.3, 0.4) is 0 Å². The van der Waals surface area contributed by atoms with Crippen molar-refractivity contribution in [2.45, 2.75) is 19.9 Å². The highest BCUT2D eigenvalue weighted by Gasteiger charge is 2.13. The Hall–Kier alpha value is -1.93. The van der Waals surface area contributed by atoms with E-state index in [-0.39, 0.29) is 0 Å². The molecule has 0 saturated carbocycles. The topological polar surface area (TPSA) is 77.5 Å². The first-order valence-corrected chi connectivity index (χ1v) is 7.14. The van der Waals surface area contributed by atoms with Gasteiger partial charge in [-0.15, -0.1) is 11.3 Å². The number of aromatic nitrogens is 4. The van der Waals surface area contributed by atoms with Gasteiger partial charge in [-0.05, 0) is 6.92 Å². The zero-order valence-electron chi connectivity index (χ0n) is 11.3. The summed E-state index contributed by atoms with van der Waals surface area (Å²) >= 11 is 1.59. The Balaban J connectivity index is 1.60. The van der Waals surface area contributed by atoms with Gasteiger partial charge in [-0.2, -0.15) is 9.97 Å². The van der Waals surface area contributed by atoms with Crippen LogP contribution in [-0.4, -0.2) is 33.2 Å². The van der Waals surface area contributed by atoms with Crippen LogP contribution in [0.5, 0.6) is 5.88 Å². The third-order valence-corrected chi connectivity index (χ3v) is 3.65. The number of rotatable bonds is 6. The summed E-state index contributed by atoms with van der Waals surface area (Å²) in [5, 5.41) is 9.10. The Kier molecular flexibility index (Phi) is 3.66. The molecule has 0 radical (unpaired) electrons. The Morgan fingerprint density at radius 3 is 3.10 bits per heavy atom. The molecule has 1 N–H and O–H groups in total. The standard InChI is InChI=1S/C12H15N5O2S/c1-8-14-10(19-16-8)3-4-13-7-9-11(18-2)15-12-17(9)5-6-20-12/h5-6,13H,3-4,7H2,1-2H3. The molecule has 0 aliphatic rings. The van der Waals surface area contributed by atoms with Gasteiger partial charge in [0.05, 0.1) is 7.11 Å². The van der Waals surface area contributed by atoms with Gasteiger partial charge in [0.25, 0.3) is 0 Å². The van der Waals surface area contributed by atoms with E-state index in [1.54, 1.807) is 18.4 Å². The SMILES string of the molecule is COc1nc2sccn2c1CNCCc1nc(C)no1. The summed E-state index contributed by atoms with van der Waals surface area (Å²) in [6.07, 6.45) is 2.70. The molecule has 7 nitrogen and oxygen atoms in total. The first-order valence-electron chi connectivity index (χ1n) is 6.26. The minimum atomic E-state index is 0.649. The van der Waals surface area contributed by atoms with E-state index in [4.69, 9.17) is 9.26 Å². The maximum absolute atomic E-state index is 5.30. The molecule has 0 saturated heterocycles. The number of fused-ring (bicyclic) bond motifs is 1. The molecule has 0 amide bonds. The maximum atomic E-state index is 5.30. The van der Waals surface area contributed by atoms with Crippen molar-refractivity contribution < 1.29 is 9.26 Å². The van der Waals surface area contributed by atoms with Gasteiger partial charge in [0.15, 0.2) is 10.8 Å². The minimum Gasteiger partial charge on any atom is -0.480 e. The van der Waals surface area contributed by atoms with E-state index < -0.39 is 0 Å². The van der Waals surface area contributed by atoms with Crippen molar-refractivity contribution in [3.8, 4) is 5.88 Å². The van der Waals surface area contributed by atoms with Gasteiger partial charge in [0.2, 0.25) is 11.8 Å². The molecule has 0 bridgehead atoms. The Morgan fingerprint density at radius 2 is 2.35 bits per heavy atom. The van der Waals surface area contributed by atoms with Gasteiger partial charge in [0.1, 0.15) is 5.69 Å². The van der Waals surface area contributed by atoms with Gasteiger partial charge in [0, 0.05) is 31.1 Å². The molecule has 8 heteroatoms. The lowest BCUT2D eigenvalue weighted by Crippen LogP contribution is -2.18. The van der Waals surface area contributed by atoms with Gasteiger partial charge in [-0.1, -0.05) is 5.16 Å². The summed E-state index contributed by atoms with van der Waals surface area (Å²) in [6, 6.07) is 0. The molecule has 0 spiro atoms. The van der Waals surface area contributed by atoms with E-state index in [2.05, 4.69) is 20.4 Å². The lowest BCUT2D eigenvalue weighted by molar-refractivity contribution is 0.371. The van der Waals surface area contributed by atoms with Crippen molar-refractivity contribution in [1.82, 2.24) is 24.8 Å². The van der Waals surface area contributed by atoms with Crippen LogP contribution in [0.25, 0.3) is 4.96 Å². The fourth-order valence-corrected chi connectivity index (χ4v) is 2.71. The minimum absolute atomic E-state index is 0.649. The Morgan fingerprint density at radius 1 is 1.45 bits per heavy atom. The number of hydrogen-bond donors (Lipinski definition) is 1. The fraction of sp³-hybridized carbons (Fsp3) is 0.417. The van der Waals surface area contributed by atoms with E-state index in [0.717, 1.165) is 17.2 Å². The van der Waals surface area contributed by atoms with Crippen molar-refractivity contribution in [2.75, 3.05) is 13.7 Å². The summed E-state index contributed by atoms with van der Waals surface area (Å²) < 4.78 is 12.4. The number of hydrogen-bond acceptors (Lipinski definition) is 7. The molecule has 106 valence electrons. The van der Waals surface area contributed by atoms with Crippen molar-refractivity contribution >= 4 is 16.3 Å². The van der Waals surface area contributed by atoms with Crippen molar-refractivity contribution in [3.05, 3.63) is 29.0 Å². The summed E-state index contributed by atoms with van der Waals surface area (Å²) in [5.74, 6) is 1.98. The van der Waals surface area contributed by atoms with Crippen LogP contribution >= 0.6 is 11.3 Å². The molecular formula is C12H15N5O2S. The summed E-state index contributed by atoms with van der Waals surface area (Å²) in [6.45, 7) is 3.24. The van der Waals surface area contributed by atoms with Crippen LogP contribution in [0.15, 0.2) is 16.1 Å². The summed E-state index contributed by atoms with van der Waals surface area (Å²) in [7, 11) is 1.64. The lowest BCUT2D eigenvalue weighted by atomic mass is 10.4. The lowest BCUT2D eigenvalue weighted by Gasteiger charge is -2.04. The third kappa shape index (κ3) is 2.52. The molecule has 20 heavy (non-hydrogen) atoms. The molecular weight excluding hydrogens is 278 g/mol. The molecule has 3 heterocycles. The molecule has 0 atom stereocenters. The molecule has 3 aromatic heterocycles. The second kappa shape index (κ2) is 5.59. The van der Waals surface area contributed by atoms with Crippen LogP contribution in [0.2, 0.25) is 0 Å². The largest absolute Gasteiger partial charge is 0.480 e. The van der Waals surface area contributed by atoms with Gasteiger partial charge >= 0.3 is 0 Å². The Labute approximate surface area is 119 Å². The van der Waals surface area contributed by atoms with Gasteiger partial charge in [-0.3, -0.25) is 4.40 Å². The smallest absolute Gasteiger partial charge is 0.237 e. The quantitative estimate of drug-likeness (QED) is 0.693. The fourth-order valence-electron chi connectivity index (χ4n) is 1.98. The number of nitrogens with one attached hydrogen (secondary N) is 1. The number of aryl methyl sites for hydroxylation is 1. The van der Waals surface area contributed by atoms with Crippen LogP contribution in [0.1, 0.15) is 17.4 Å². The predicted octanol–water partition coefficient (Wildman–Crippen LogP) is 1.43. The molecule has 0 aromatic carbocycles. The van der Waals surface area contributed by atoms with E-state index >= 15 is 0 Å². The third-order valence-electron chi connectivity index (χ3n) is 2.90. The molecule has 0 fully saturated rings. The Bertz CT molecular complexity index is 702. The second-order valence-electron chi connectivity index (χ2n) is 4.29. The molecule has 3 rings (SSSR count). The molecule has 3 aromatic rings. The van der Waals surface area contributed by atoms with Crippen LogP contribution in [0.4, 0.5) is 0 Å². The highest BCUT2D eigenvalue weighted by Crippen LogP contribution is 2.22. The first kappa shape index (κ1) is 13.1. The van der Waals surface area contributed by atoms with Crippen molar-refractivity contribution in [2.24, 2.45) is 0 Å². The zero-order valence-corrected chi connectivity index (χ0v) is 12.1. The van der Waals surface area contributed by atoms with E-state index in [1.807, 2.05) is 22.9 Å². The van der Waals surface area contributed by atoms with Crippen LogP contribution in [0, 0.1) is 6.92 Å². The predicted molar refractivity (Wildman–Crippen MR) is 74.1 cm³/mol. The van der Waals surface area contributed by atoms with E-state index in [1.165, 1.54) is 0 Å². The summed E-state index contributed by atoms with van der Waals surface area (Å²) in [4.78, 5) is 9.51. The number of nitrogens with zero attached hydrogens (tertiary/aromatic N) is 4. The van der Waals surface area contributed by atoms with Crippen molar-refractivity contribution in [3.63, 3.8) is 0 Å². The second-order valence-corrected chi connectivity index (χ2v) is 5.16. The average Bonchev–Trinajstić information content (AvgIpc) is 3.11. The van der Waals surface area contributed by atoms with Crippen molar-refractivity contribution in [1.29, 1.82) is 0 Å². The summed E-state index contributed by atoms with van der Waals surface area (Å²) in [5.41, 5.74) is 1.02. The van der Waals surface area contributed by atoms with Gasteiger partial charge < -0.3 is 14.6 Å².